The lowest BCUT2D eigenvalue weighted by Crippen LogP contribution is -2.10. The van der Waals surface area contributed by atoms with Crippen molar-refractivity contribution in [1.82, 2.24) is 0 Å². The maximum Gasteiger partial charge on any atom is 0.108 e. The highest BCUT2D eigenvalue weighted by Crippen LogP contribution is 2.18. The summed E-state index contributed by atoms with van der Waals surface area (Å²) in [5.74, 6) is 0.974. The summed E-state index contributed by atoms with van der Waals surface area (Å²) >= 11 is 0. The molecule has 4 heteroatoms. The minimum atomic E-state index is 0.604. The molecule has 0 spiro atoms. The van der Waals surface area contributed by atoms with Crippen molar-refractivity contribution in [2.45, 2.75) is 19.3 Å². The van der Waals surface area contributed by atoms with E-state index in [1.54, 1.807) is 6.26 Å². The third-order valence-electron chi connectivity index (χ3n) is 2.25. The highest BCUT2D eigenvalue weighted by Gasteiger charge is 2.11. The molecule has 1 aromatic rings. The van der Waals surface area contributed by atoms with Gasteiger partial charge in [-0.05, 0) is 43.6 Å². The number of hydrogen-bond acceptors (Lipinski definition) is 4. The smallest absolute Gasteiger partial charge is 0.108 e. The van der Waals surface area contributed by atoms with Crippen LogP contribution in [0.2, 0.25) is 0 Å². The zero-order chi connectivity index (χ0) is 10.4. The van der Waals surface area contributed by atoms with Gasteiger partial charge in [0.15, 0.2) is 0 Å². The van der Waals surface area contributed by atoms with Crippen LogP contribution >= 0.6 is 0 Å². The van der Waals surface area contributed by atoms with Gasteiger partial charge in [-0.15, -0.1) is 0 Å². The Kier molecular flexibility index (Phi) is 4.65. The van der Waals surface area contributed by atoms with E-state index in [-0.39, 0.29) is 0 Å². The molecule has 0 amide bonds. The van der Waals surface area contributed by atoms with Gasteiger partial charge in [0.25, 0.3) is 0 Å². The van der Waals surface area contributed by atoms with E-state index in [9.17, 15) is 0 Å². The van der Waals surface area contributed by atoms with E-state index in [1.807, 2.05) is 0 Å². The third-order valence-corrected chi connectivity index (χ3v) is 2.25. The van der Waals surface area contributed by atoms with Crippen LogP contribution in [-0.2, 0) is 19.3 Å². The molecule has 0 saturated carbocycles. The van der Waals surface area contributed by atoms with Crippen LogP contribution in [0, 0.1) is 0 Å². The van der Waals surface area contributed by atoms with Crippen molar-refractivity contribution in [1.29, 1.82) is 0 Å². The second-order valence-corrected chi connectivity index (χ2v) is 3.28. The largest absolute Gasteiger partial charge is 0.469 e. The molecule has 0 fully saturated rings. The summed E-state index contributed by atoms with van der Waals surface area (Å²) in [5.41, 5.74) is 18.9. The molecule has 0 aromatic carbocycles. The molecule has 14 heavy (non-hydrogen) atoms. The van der Waals surface area contributed by atoms with Gasteiger partial charge < -0.3 is 21.6 Å². The first kappa shape index (κ1) is 11.2. The summed E-state index contributed by atoms with van der Waals surface area (Å²) in [6.45, 7) is 1.88. The quantitative estimate of drug-likeness (QED) is 0.588. The van der Waals surface area contributed by atoms with Crippen molar-refractivity contribution in [3.05, 3.63) is 23.2 Å². The molecule has 0 radical (unpaired) electrons. The summed E-state index contributed by atoms with van der Waals surface area (Å²) < 4.78 is 5.45. The topological polar surface area (TPSA) is 91.2 Å². The molecule has 80 valence electrons. The zero-order valence-corrected chi connectivity index (χ0v) is 8.46. The first-order valence-corrected chi connectivity index (χ1v) is 5.01. The van der Waals surface area contributed by atoms with Gasteiger partial charge in [-0.25, -0.2) is 0 Å². The number of nitrogens with two attached hydrogens (primary N) is 3. The second-order valence-electron chi connectivity index (χ2n) is 3.28. The average molecular weight is 197 g/mol. The predicted octanol–water partition coefficient (Wildman–Crippen LogP) is -0.217. The average Bonchev–Trinajstić information content (AvgIpc) is 2.52. The summed E-state index contributed by atoms with van der Waals surface area (Å²) in [5, 5.41) is 0. The molecule has 1 aromatic heterocycles. The normalized spacial score (nSPS) is 10.8. The summed E-state index contributed by atoms with van der Waals surface area (Å²) in [7, 11) is 0. The van der Waals surface area contributed by atoms with Crippen LogP contribution in [0.4, 0.5) is 0 Å². The summed E-state index contributed by atoms with van der Waals surface area (Å²) in [6.07, 6.45) is 4.26. The Morgan fingerprint density at radius 1 is 0.929 bits per heavy atom. The monoisotopic (exact) mass is 197 g/mol. The van der Waals surface area contributed by atoms with E-state index in [1.165, 1.54) is 11.1 Å². The van der Waals surface area contributed by atoms with Crippen molar-refractivity contribution in [3.8, 4) is 0 Å². The van der Waals surface area contributed by atoms with Crippen LogP contribution in [0.3, 0.4) is 0 Å². The first-order valence-electron chi connectivity index (χ1n) is 5.01. The fraction of sp³-hybridized carbons (Fsp3) is 0.600. The van der Waals surface area contributed by atoms with Gasteiger partial charge in [0.2, 0.25) is 0 Å². The van der Waals surface area contributed by atoms with Gasteiger partial charge in [-0.3, -0.25) is 0 Å². The number of rotatable bonds is 6. The van der Waals surface area contributed by atoms with Crippen LogP contribution in [0.15, 0.2) is 10.7 Å². The van der Waals surface area contributed by atoms with Gasteiger partial charge in [-0.1, -0.05) is 0 Å². The molecule has 6 N–H and O–H groups in total. The van der Waals surface area contributed by atoms with E-state index in [0.717, 1.165) is 25.0 Å². The van der Waals surface area contributed by atoms with Gasteiger partial charge in [0, 0.05) is 6.42 Å². The highest BCUT2D eigenvalue weighted by atomic mass is 16.3. The number of hydrogen-bond donors (Lipinski definition) is 3. The molecular formula is C10H19N3O. The number of furan rings is 1. The van der Waals surface area contributed by atoms with Crippen molar-refractivity contribution >= 4 is 0 Å². The highest BCUT2D eigenvalue weighted by molar-refractivity contribution is 5.29. The van der Waals surface area contributed by atoms with E-state index < -0.39 is 0 Å². The Bertz CT molecular complexity index is 247. The maximum absolute atomic E-state index is 5.55. The molecular weight excluding hydrogens is 178 g/mol. The van der Waals surface area contributed by atoms with Crippen molar-refractivity contribution in [2.24, 2.45) is 17.2 Å². The lowest BCUT2D eigenvalue weighted by atomic mass is 10.0. The van der Waals surface area contributed by atoms with Gasteiger partial charge in [0.05, 0.1) is 6.26 Å². The van der Waals surface area contributed by atoms with E-state index in [4.69, 9.17) is 21.6 Å². The van der Waals surface area contributed by atoms with E-state index >= 15 is 0 Å². The van der Waals surface area contributed by atoms with Crippen LogP contribution < -0.4 is 17.2 Å². The Morgan fingerprint density at radius 2 is 1.57 bits per heavy atom. The zero-order valence-electron chi connectivity index (χ0n) is 8.46. The van der Waals surface area contributed by atoms with Gasteiger partial charge in [-0.2, -0.15) is 0 Å². The fourth-order valence-electron chi connectivity index (χ4n) is 1.61. The molecule has 0 aliphatic carbocycles. The van der Waals surface area contributed by atoms with Crippen molar-refractivity contribution in [2.75, 3.05) is 19.6 Å². The molecule has 0 atom stereocenters. The van der Waals surface area contributed by atoms with Crippen LogP contribution in [0.25, 0.3) is 0 Å². The summed E-state index contributed by atoms with van der Waals surface area (Å²) in [6, 6.07) is 0. The van der Waals surface area contributed by atoms with Crippen LogP contribution in [-0.4, -0.2) is 19.6 Å². The molecule has 0 aliphatic rings. The SMILES string of the molecule is NCCc1coc(CCN)c1CCN. The molecule has 0 saturated heterocycles. The second kappa shape index (κ2) is 5.80. The van der Waals surface area contributed by atoms with Gasteiger partial charge in [0.1, 0.15) is 5.76 Å². The Labute approximate surface area is 84.4 Å². The lowest BCUT2D eigenvalue weighted by molar-refractivity contribution is 0.504. The predicted molar refractivity (Wildman–Crippen MR) is 57.0 cm³/mol. The molecule has 0 unspecified atom stereocenters. The fourth-order valence-corrected chi connectivity index (χ4v) is 1.61. The van der Waals surface area contributed by atoms with Crippen molar-refractivity contribution < 1.29 is 4.42 Å². The minimum Gasteiger partial charge on any atom is -0.469 e. The third kappa shape index (κ3) is 2.57. The molecule has 0 bridgehead atoms. The Morgan fingerprint density at radius 3 is 2.14 bits per heavy atom. The van der Waals surface area contributed by atoms with Gasteiger partial charge >= 0.3 is 0 Å². The van der Waals surface area contributed by atoms with E-state index in [2.05, 4.69) is 0 Å². The molecule has 0 aliphatic heterocycles. The van der Waals surface area contributed by atoms with E-state index in [0.29, 0.717) is 19.6 Å². The Hall–Kier alpha value is -0.840. The van der Waals surface area contributed by atoms with Crippen LogP contribution in [0.5, 0.6) is 0 Å². The lowest BCUT2D eigenvalue weighted by Gasteiger charge is -2.02. The first-order chi connectivity index (χ1) is 6.83. The minimum absolute atomic E-state index is 0.604. The molecule has 1 heterocycles. The summed E-state index contributed by atoms with van der Waals surface area (Å²) in [4.78, 5) is 0. The molecule has 1 rings (SSSR count). The molecule has 4 nitrogen and oxygen atoms in total. The standard InChI is InChI=1S/C10H19N3O/c11-4-1-8-7-14-10(3-6-13)9(8)2-5-12/h7H,1-6,11-13H2. The van der Waals surface area contributed by atoms with Crippen molar-refractivity contribution in [3.63, 3.8) is 0 Å². The maximum atomic E-state index is 5.55. The Balaban J connectivity index is 2.82. The van der Waals surface area contributed by atoms with Crippen LogP contribution in [0.1, 0.15) is 16.9 Å².